The summed E-state index contributed by atoms with van der Waals surface area (Å²) >= 11 is 12.2. The molecule has 2 heterocycles. The zero-order valence-electron chi connectivity index (χ0n) is 23.8. The molecule has 0 unspecified atom stereocenters. The van der Waals surface area contributed by atoms with Crippen LogP contribution in [-0.2, 0) is 11.3 Å². The molecule has 1 aliphatic carbocycles. The number of halogens is 3. The number of ether oxygens (including phenoxy) is 1. The van der Waals surface area contributed by atoms with Gasteiger partial charge in [0.2, 0.25) is 11.3 Å². The molecular formula is C29H30Cl2FN7O4. The van der Waals surface area contributed by atoms with Crippen LogP contribution in [0.4, 0.5) is 10.1 Å². The predicted molar refractivity (Wildman–Crippen MR) is 163 cm³/mol. The minimum absolute atomic E-state index is 0.0144. The summed E-state index contributed by atoms with van der Waals surface area (Å²) in [5, 5.41) is 7.00. The zero-order valence-corrected chi connectivity index (χ0v) is 25.3. The maximum Gasteiger partial charge on any atom is 0.257 e. The lowest BCUT2D eigenvalue weighted by Gasteiger charge is -2.45. The van der Waals surface area contributed by atoms with Crippen molar-refractivity contribution in [3.63, 3.8) is 0 Å². The van der Waals surface area contributed by atoms with E-state index in [1.807, 2.05) is 18.4 Å². The summed E-state index contributed by atoms with van der Waals surface area (Å²) in [6, 6.07) is 5.44. The normalized spacial score (nSPS) is 18.4. The van der Waals surface area contributed by atoms with Crippen LogP contribution in [0.3, 0.4) is 0 Å². The standard InChI is InChI=1S/C29H30Cl2FN7O4/c1-15-12-37(13-16(2)39(15)24(40)11-35-36-33)26-23(32)9-20-25(28(26)43-3)38(19-6-7-19)14-21(27(20)41)29(42)34-10-17-4-5-18(30)8-22(17)31/h4-5,8-9,14-16,19H,6-7,10-13H2,1-3H3,(H,34,42)/t15-,16+. The van der Waals surface area contributed by atoms with E-state index in [1.165, 1.54) is 13.3 Å². The molecule has 1 saturated carbocycles. The van der Waals surface area contributed by atoms with Crippen molar-refractivity contribution in [3.05, 3.63) is 78.1 Å². The van der Waals surface area contributed by atoms with Crippen molar-refractivity contribution >= 4 is 51.6 Å². The van der Waals surface area contributed by atoms with Gasteiger partial charge in [0.1, 0.15) is 17.8 Å². The average molecular weight is 631 g/mol. The van der Waals surface area contributed by atoms with Gasteiger partial charge in [0, 0.05) is 58.9 Å². The van der Waals surface area contributed by atoms with Crippen LogP contribution in [0.15, 0.2) is 40.4 Å². The number of anilines is 1. The fourth-order valence-corrected chi connectivity index (χ4v) is 6.32. The number of benzene rings is 2. The Labute approximate surface area is 256 Å². The lowest BCUT2D eigenvalue weighted by molar-refractivity contribution is -0.134. The van der Waals surface area contributed by atoms with Crippen LogP contribution < -0.4 is 20.4 Å². The quantitative estimate of drug-likeness (QED) is 0.201. The Balaban J connectivity index is 1.53. The van der Waals surface area contributed by atoms with Crippen molar-refractivity contribution < 1.29 is 18.7 Å². The van der Waals surface area contributed by atoms with E-state index in [-0.39, 0.29) is 72.6 Å². The molecule has 1 aromatic heterocycles. The van der Waals surface area contributed by atoms with Gasteiger partial charge in [-0.3, -0.25) is 14.4 Å². The van der Waals surface area contributed by atoms with Crippen LogP contribution in [0.2, 0.25) is 10.0 Å². The fourth-order valence-electron chi connectivity index (χ4n) is 5.84. The smallest absolute Gasteiger partial charge is 0.257 e. The van der Waals surface area contributed by atoms with Crippen molar-refractivity contribution in [2.45, 2.75) is 51.4 Å². The van der Waals surface area contributed by atoms with Gasteiger partial charge < -0.3 is 24.4 Å². The number of methoxy groups -OCH3 is 1. The molecule has 1 aliphatic heterocycles. The Hall–Kier alpha value is -3.99. The summed E-state index contributed by atoms with van der Waals surface area (Å²) in [7, 11) is 1.42. The molecule has 0 spiro atoms. The molecule has 2 fully saturated rings. The highest BCUT2D eigenvalue weighted by molar-refractivity contribution is 6.35. The van der Waals surface area contributed by atoms with Gasteiger partial charge in [0.05, 0.1) is 18.0 Å². The number of piperazine rings is 1. The number of hydrogen-bond acceptors (Lipinski definition) is 6. The second-order valence-electron chi connectivity index (χ2n) is 10.9. The topological polar surface area (TPSA) is 133 Å². The molecule has 0 radical (unpaired) electrons. The molecule has 14 heteroatoms. The number of carbonyl (C=O) groups is 2. The third-order valence-corrected chi connectivity index (χ3v) is 8.42. The van der Waals surface area contributed by atoms with Crippen molar-refractivity contribution in [3.8, 4) is 5.75 Å². The van der Waals surface area contributed by atoms with Crippen molar-refractivity contribution in [1.82, 2.24) is 14.8 Å². The van der Waals surface area contributed by atoms with E-state index in [2.05, 4.69) is 15.3 Å². The summed E-state index contributed by atoms with van der Waals surface area (Å²) in [6.07, 6.45) is 3.17. The van der Waals surface area contributed by atoms with E-state index in [4.69, 9.17) is 33.5 Å². The number of rotatable bonds is 8. The summed E-state index contributed by atoms with van der Waals surface area (Å²) in [6.45, 7) is 4.02. The number of fused-ring (bicyclic) bond motifs is 1. The van der Waals surface area contributed by atoms with E-state index in [0.717, 1.165) is 18.9 Å². The number of nitrogens with one attached hydrogen (secondary N) is 1. The predicted octanol–water partition coefficient (Wildman–Crippen LogP) is 5.46. The summed E-state index contributed by atoms with van der Waals surface area (Å²) in [5.41, 5.74) is 9.08. The maximum absolute atomic E-state index is 16.0. The van der Waals surface area contributed by atoms with E-state index in [9.17, 15) is 14.4 Å². The third-order valence-electron chi connectivity index (χ3n) is 7.83. The second-order valence-corrected chi connectivity index (χ2v) is 11.7. The zero-order chi connectivity index (χ0) is 31.0. The van der Waals surface area contributed by atoms with Gasteiger partial charge in [0.15, 0.2) is 11.6 Å². The van der Waals surface area contributed by atoms with E-state index in [1.54, 1.807) is 28.0 Å². The number of azide groups is 1. The number of nitrogens with zero attached hydrogens (tertiary/aromatic N) is 6. The molecule has 2 atom stereocenters. The number of amides is 2. The van der Waals surface area contributed by atoms with Gasteiger partial charge >= 0.3 is 0 Å². The third kappa shape index (κ3) is 5.95. The SMILES string of the molecule is COc1c(N2C[C@@H](C)N(C(=O)CN=[N+]=[N-])[C@@H](C)C2)c(F)cc2c(=O)c(C(=O)NCc3ccc(Cl)cc3Cl)cn(C3CC3)c12. The number of pyridine rings is 1. The van der Waals surface area contributed by atoms with Gasteiger partial charge in [-0.1, -0.05) is 34.4 Å². The minimum atomic E-state index is -0.678. The van der Waals surface area contributed by atoms with Crippen molar-refractivity contribution in [2.75, 3.05) is 31.6 Å². The van der Waals surface area contributed by atoms with Gasteiger partial charge in [0.25, 0.3) is 5.91 Å². The summed E-state index contributed by atoms with van der Waals surface area (Å²) in [5.74, 6) is -1.41. The Morgan fingerprint density at radius 3 is 2.49 bits per heavy atom. The fraction of sp³-hybridized carbons (Fsp3) is 0.414. The van der Waals surface area contributed by atoms with Crippen molar-refractivity contribution in [1.29, 1.82) is 0 Å². The maximum atomic E-state index is 16.0. The van der Waals surface area contributed by atoms with Gasteiger partial charge in [-0.25, -0.2) is 4.39 Å². The first-order chi connectivity index (χ1) is 20.5. The first-order valence-electron chi connectivity index (χ1n) is 13.8. The molecular weight excluding hydrogens is 600 g/mol. The monoisotopic (exact) mass is 629 g/mol. The van der Waals surface area contributed by atoms with Gasteiger partial charge in [-0.2, -0.15) is 0 Å². The van der Waals surface area contributed by atoms with Crippen LogP contribution in [0.5, 0.6) is 5.75 Å². The molecule has 1 N–H and O–H groups in total. The second kappa shape index (κ2) is 12.3. The minimum Gasteiger partial charge on any atom is -0.492 e. The van der Waals surface area contributed by atoms with Crippen LogP contribution in [0.1, 0.15) is 48.7 Å². The Morgan fingerprint density at radius 1 is 1.19 bits per heavy atom. The van der Waals surface area contributed by atoms with Crippen LogP contribution >= 0.6 is 23.2 Å². The lowest BCUT2D eigenvalue weighted by Crippen LogP contribution is -2.59. The molecule has 0 bridgehead atoms. The number of hydrogen-bond donors (Lipinski definition) is 1. The number of aromatic nitrogens is 1. The summed E-state index contributed by atoms with van der Waals surface area (Å²) < 4.78 is 23.6. The highest BCUT2D eigenvalue weighted by Gasteiger charge is 2.36. The first kappa shape index (κ1) is 30.5. The van der Waals surface area contributed by atoms with Crippen LogP contribution in [0, 0.1) is 5.82 Å². The van der Waals surface area contributed by atoms with Gasteiger partial charge in [-0.15, -0.1) is 0 Å². The highest BCUT2D eigenvalue weighted by Crippen LogP contribution is 2.44. The number of carbonyl (C=O) groups excluding carboxylic acids is 2. The van der Waals surface area contributed by atoms with E-state index < -0.39 is 17.2 Å². The first-order valence-corrected chi connectivity index (χ1v) is 14.6. The van der Waals surface area contributed by atoms with E-state index in [0.29, 0.717) is 21.1 Å². The molecule has 11 nitrogen and oxygen atoms in total. The molecule has 3 aromatic rings. The lowest BCUT2D eigenvalue weighted by atomic mass is 10.0. The molecule has 226 valence electrons. The largest absolute Gasteiger partial charge is 0.492 e. The highest BCUT2D eigenvalue weighted by atomic mass is 35.5. The van der Waals surface area contributed by atoms with Crippen LogP contribution in [-0.4, -0.2) is 60.1 Å². The Morgan fingerprint density at radius 2 is 1.88 bits per heavy atom. The summed E-state index contributed by atoms with van der Waals surface area (Å²) in [4.78, 5) is 45.7. The van der Waals surface area contributed by atoms with Crippen LogP contribution in [0.25, 0.3) is 21.3 Å². The van der Waals surface area contributed by atoms with Gasteiger partial charge in [-0.05, 0) is 56.0 Å². The molecule has 5 rings (SSSR count). The molecule has 2 aliphatic rings. The van der Waals surface area contributed by atoms with E-state index >= 15 is 4.39 Å². The molecule has 43 heavy (non-hydrogen) atoms. The molecule has 2 amide bonds. The Kier molecular flexibility index (Phi) is 8.73. The van der Waals surface area contributed by atoms with Crippen molar-refractivity contribution in [2.24, 2.45) is 5.11 Å². The average Bonchev–Trinajstić information content (AvgIpc) is 3.80. The molecule has 2 aromatic carbocycles. The Bertz CT molecular complexity index is 1710. The molecule has 1 saturated heterocycles.